The van der Waals surface area contributed by atoms with Gasteiger partial charge in [0, 0.05) is 6.20 Å². The number of aromatic nitrogens is 1. The first-order chi connectivity index (χ1) is 6.43. The minimum Gasteiger partial charge on any atom is -0.320 e. The van der Waals surface area contributed by atoms with Crippen LogP contribution in [0.1, 0.15) is 24.1 Å². The van der Waals surface area contributed by atoms with Crippen molar-refractivity contribution in [2.45, 2.75) is 24.6 Å². The fourth-order valence-electron chi connectivity index (χ4n) is 1.40. The molecule has 2 N–H and O–H groups in total. The van der Waals surface area contributed by atoms with Gasteiger partial charge in [0.05, 0.1) is 16.8 Å². The fraction of sp³-hybridized carbons (Fsp3) is 0.444. The summed E-state index contributed by atoms with van der Waals surface area (Å²) in [5.74, 6) is 0. The van der Waals surface area contributed by atoms with Crippen molar-refractivity contribution in [3.63, 3.8) is 0 Å². The van der Waals surface area contributed by atoms with E-state index in [4.69, 9.17) is 5.73 Å². The zero-order valence-electron chi connectivity index (χ0n) is 7.30. The van der Waals surface area contributed by atoms with Gasteiger partial charge in [0.25, 0.3) is 0 Å². The summed E-state index contributed by atoms with van der Waals surface area (Å²) in [5, 5.41) is 0. The average Bonchev–Trinajstić information content (AvgIpc) is 2.84. The summed E-state index contributed by atoms with van der Waals surface area (Å²) in [7, 11) is 0. The van der Waals surface area contributed by atoms with Gasteiger partial charge in [-0.3, -0.25) is 4.98 Å². The zero-order chi connectivity index (χ0) is 10.4. The van der Waals surface area contributed by atoms with Crippen molar-refractivity contribution in [1.29, 1.82) is 0 Å². The van der Waals surface area contributed by atoms with Crippen molar-refractivity contribution in [2.24, 2.45) is 5.73 Å². The number of hydrogen-bond acceptors (Lipinski definition) is 2. The van der Waals surface area contributed by atoms with E-state index in [1.807, 2.05) is 0 Å². The van der Waals surface area contributed by atoms with E-state index < -0.39 is 17.3 Å². The van der Waals surface area contributed by atoms with Crippen molar-refractivity contribution in [3.8, 4) is 0 Å². The van der Waals surface area contributed by atoms with Crippen LogP contribution in [0, 0.1) is 0 Å². The van der Waals surface area contributed by atoms with Gasteiger partial charge in [0.1, 0.15) is 0 Å². The molecule has 0 bridgehead atoms. The highest BCUT2D eigenvalue weighted by molar-refractivity contribution is 5.33. The number of alkyl halides is 3. The highest BCUT2D eigenvalue weighted by atomic mass is 19.4. The molecule has 0 aromatic carbocycles. The maximum atomic E-state index is 12.5. The molecule has 2 rings (SSSR count). The number of rotatable bonds is 1. The summed E-state index contributed by atoms with van der Waals surface area (Å²) in [4.78, 5) is 3.73. The molecule has 1 aromatic rings. The van der Waals surface area contributed by atoms with Gasteiger partial charge in [-0.05, 0) is 25.0 Å². The predicted octanol–water partition coefficient (Wildman–Crippen LogP) is 2.05. The predicted molar refractivity (Wildman–Crippen MR) is 44.3 cm³/mol. The summed E-state index contributed by atoms with van der Waals surface area (Å²) in [6.07, 6.45) is -1.86. The van der Waals surface area contributed by atoms with Gasteiger partial charge in [-0.15, -0.1) is 0 Å². The van der Waals surface area contributed by atoms with E-state index in [0.29, 0.717) is 12.8 Å². The summed E-state index contributed by atoms with van der Waals surface area (Å²) in [6.45, 7) is 0. The largest absolute Gasteiger partial charge is 0.418 e. The van der Waals surface area contributed by atoms with E-state index in [9.17, 15) is 13.2 Å². The lowest BCUT2D eigenvalue weighted by Crippen LogP contribution is -2.25. The quantitative estimate of drug-likeness (QED) is 0.756. The Morgan fingerprint density at radius 1 is 1.36 bits per heavy atom. The van der Waals surface area contributed by atoms with Crippen LogP contribution in [0.4, 0.5) is 13.2 Å². The van der Waals surface area contributed by atoms with Crippen molar-refractivity contribution in [2.75, 3.05) is 0 Å². The molecule has 1 heterocycles. The number of nitrogens with zero attached hydrogens (tertiary/aromatic N) is 1. The first kappa shape index (κ1) is 9.45. The van der Waals surface area contributed by atoms with E-state index >= 15 is 0 Å². The van der Waals surface area contributed by atoms with Crippen LogP contribution in [0.5, 0.6) is 0 Å². The SMILES string of the molecule is NC1(c2ncccc2C(F)(F)F)CC1. The number of nitrogens with two attached hydrogens (primary N) is 1. The first-order valence-corrected chi connectivity index (χ1v) is 4.25. The molecule has 0 spiro atoms. The molecule has 1 aliphatic carbocycles. The third kappa shape index (κ3) is 1.48. The molecule has 0 amide bonds. The monoisotopic (exact) mass is 202 g/mol. The Morgan fingerprint density at radius 2 is 2.00 bits per heavy atom. The Kier molecular flexibility index (Phi) is 1.82. The van der Waals surface area contributed by atoms with E-state index in [1.54, 1.807) is 0 Å². The molecule has 14 heavy (non-hydrogen) atoms. The van der Waals surface area contributed by atoms with Gasteiger partial charge < -0.3 is 5.73 Å². The molecule has 1 fully saturated rings. The average molecular weight is 202 g/mol. The smallest absolute Gasteiger partial charge is 0.320 e. The first-order valence-electron chi connectivity index (χ1n) is 4.25. The van der Waals surface area contributed by atoms with Crippen molar-refractivity contribution < 1.29 is 13.2 Å². The summed E-state index contributed by atoms with van der Waals surface area (Å²) >= 11 is 0. The maximum absolute atomic E-state index is 12.5. The molecular formula is C9H9F3N2. The molecule has 76 valence electrons. The Labute approximate surface area is 78.9 Å². The van der Waals surface area contributed by atoms with Crippen LogP contribution >= 0.6 is 0 Å². The van der Waals surface area contributed by atoms with Crippen LogP contribution in [0.25, 0.3) is 0 Å². The van der Waals surface area contributed by atoms with Gasteiger partial charge in [-0.25, -0.2) is 0 Å². The van der Waals surface area contributed by atoms with E-state index in [-0.39, 0.29) is 5.69 Å². The van der Waals surface area contributed by atoms with Gasteiger partial charge in [-0.1, -0.05) is 0 Å². The molecule has 1 saturated carbocycles. The van der Waals surface area contributed by atoms with Gasteiger partial charge in [0.2, 0.25) is 0 Å². The highest BCUT2D eigenvalue weighted by Crippen LogP contribution is 2.46. The van der Waals surface area contributed by atoms with Crippen molar-refractivity contribution in [1.82, 2.24) is 4.98 Å². The second-order valence-electron chi connectivity index (χ2n) is 3.55. The Morgan fingerprint density at radius 3 is 2.50 bits per heavy atom. The van der Waals surface area contributed by atoms with E-state index in [0.717, 1.165) is 6.07 Å². The van der Waals surface area contributed by atoms with Crippen molar-refractivity contribution in [3.05, 3.63) is 29.6 Å². The number of halogens is 3. The second-order valence-corrected chi connectivity index (χ2v) is 3.55. The van der Waals surface area contributed by atoms with Crippen molar-refractivity contribution >= 4 is 0 Å². The van der Waals surface area contributed by atoms with Crippen LogP contribution in [-0.4, -0.2) is 4.98 Å². The third-order valence-corrected chi connectivity index (χ3v) is 2.37. The molecule has 0 aliphatic heterocycles. The summed E-state index contributed by atoms with van der Waals surface area (Å²) < 4.78 is 37.5. The number of pyridine rings is 1. The van der Waals surface area contributed by atoms with Crippen LogP contribution in [0.2, 0.25) is 0 Å². The molecule has 2 nitrogen and oxygen atoms in total. The second kappa shape index (κ2) is 2.70. The van der Waals surface area contributed by atoms with Gasteiger partial charge in [-0.2, -0.15) is 13.2 Å². The third-order valence-electron chi connectivity index (χ3n) is 2.37. The van der Waals surface area contributed by atoms with E-state index in [1.165, 1.54) is 12.3 Å². The minimum atomic E-state index is -4.36. The van der Waals surface area contributed by atoms with E-state index in [2.05, 4.69) is 4.98 Å². The standard InChI is InChI=1S/C9H9F3N2/c10-9(11,12)6-2-1-5-14-7(6)8(13)3-4-8/h1-2,5H,3-4,13H2. The Balaban J connectivity index is 2.50. The zero-order valence-corrected chi connectivity index (χ0v) is 7.30. The summed E-state index contributed by atoms with van der Waals surface area (Å²) in [6, 6.07) is 2.30. The van der Waals surface area contributed by atoms with Crippen LogP contribution in [0.15, 0.2) is 18.3 Å². The summed E-state index contributed by atoms with van der Waals surface area (Å²) in [5.41, 5.74) is 4.13. The normalized spacial score (nSPS) is 19.4. The fourth-order valence-corrected chi connectivity index (χ4v) is 1.40. The molecule has 5 heteroatoms. The molecular weight excluding hydrogens is 193 g/mol. The lowest BCUT2D eigenvalue weighted by molar-refractivity contribution is -0.138. The maximum Gasteiger partial charge on any atom is 0.418 e. The Bertz CT molecular complexity index is 331. The molecule has 1 aromatic heterocycles. The van der Waals surface area contributed by atoms with Crippen LogP contribution in [0.3, 0.4) is 0 Å². The highest BCUT2D eigenvalue weighted by Gasteiger charge is 2.47. The lowest BCUT2D eigenvalue weighted by atomic mass is 10.1. The molecule has 0 unspecified atom stereocenters. The van der Waals surface area contributed by atoms with Crippen LogP contribution in [-0.2, 0) is 11.7 Å². The molecule has 1 aliphatic rings. The molecule has 0 atom stereocenters. The van der Waals surface area contributed by atoms with Gasteiger partial charge in [0.15, 0.2) is 0 Å². The molecule has 0 radical (unpaired) electrons. The van der Waals surface area contributed by atoms with Crippen LogP contribution < -0.4 is 5.73 Å². The molecule has 0 saturated heterocycles. The van der Waals surface area contributed by atoms with Gasteiger partial charge >= 0.3 is 6.18 Å². The topological polar surface area (TPSA) is 38.9 Å². The Hall–Kier alpha value is -1.10. The lowest BCUT2D eigenvalue weighted by Gasteiger charge is -2.15. The minimum absolute atomic E-state index is 0.0208. The number of hydrogen-bond donors (Lipinski definition) is 1.